The molecule has 1 N–H and O–H groups in total. The number of rotatable bonds is 7. The van der Waals surface area contributed by atoms with Crippen molar-refractivity contribution < 1.29 is 8.42 Å². The maximum absolute atomic E-state index is 11.5. The van der Waals surface area contributed by atoms with Gasteiger partial charge in [-0.2, -0.15) is 0 Å². The Morgan fingerprint density at radius 1 is 1.33 bits per heavy atom. The zero-order valence-electron chi connectivity index (χ0n) is 12.8. The standard InChI is InChI=1S/C15H23N3O2S/c1-4-9-18-14-8-6-5-7-13(14)17-15(18)10-12(16-2)11-21(3,19)20/h5-8,12,16H,4,9-11H2,1-3H3. The zero-order valence-corrected chi connectivity index (χ0v) is 13.7. The highest BCUT2D eigenvalue weighted by Gasteiger charge is 2.18. The average molecular weight is 309 g/mol. The lowest BCUT2D eigenvalue weighted by molar-refractivity contribution is 0.544. The number of benzene rings is 1. The number of nitrogens with one attached hydrogen (secondary N) is 1. The van der Waals surface area contributed by atoms with Gasteiger partial charge in [-0.1, -0.05) is 19.1 Å². The van der Waals surface area contributed by atoms with Crippen molar-refractivity contribution in [2.24, 2.45) is 0 Å². The Morgan fingerprint density at radius 3 is 2.67 bits per heavy atom. The average Bonchev–Trinajstić information content (AvgIpc) is 2.75. The summed E-state index contributed by atoms with van der Waals surface area (Å²) in [7, 11) is -1.22. The number of fused-ring (bicyclic) bond motifs is 1. The first-order valence-electron chi connectivity index (χ1n) is 7.23. The van der Waals surface area contributed by atoms with E-state index in [1.807, 2.05) is 18.2 Å². The minimum Gasteiger partial charge on any atom is -0.328 e. The first kappa shape index (κ1) is 16.0. The first-order valence-corrected chi connectivity index (χ1v) is 9.29. The van der Waals surface area contributed by atoms with Crippen LogP contribution in [0.5, 0.6) is 0 Å². The van der Waals surface area contributed by atoms with Gasteiger partial charge in [-0.25, -0.2) is 13.4 Å². The van der Waals surface area contributed by atoms with Crippen LogP contribution in [0.15, 0.2) is 24.3 Å². The van der Waals surface area contributed by atoms with Gasteiger partial charge in [0.15, 0.2) is 0 Å². The van der Waals surface area contributed by atoms with Crippen molar-refractivity contribution in [3.05, 3.63) is 30.1 Å². The molecule has 0 bridgehead atoms. The minimum atomic E-state index is -3.01. The van der Waals surface area contributed by atoms with Crippen molar-refractivity contribution in [3.8, 4) is 0 Å². The Morgan fingerprint density at radius 2 is 2.05 bits per heavy atom. The van der Waals surface area contributed by atoms with Crippen molar-refractivity contribution in [2.45, 2.75) is 32.4 Å². The van der Waals surface area contributed by atoms with Crippen molar-refractivity contribution >= 4 is 20.9 Å². The monoisotopic (exact) mass is 309 g/mol. The van der Waals surface area contributed by atoms with Crippen LogP contribution in [0.1, 0.15) is 19.2 Å². The Labute approximate surface area is 126 Å². The van der Waals surface area contributed by atoms with Crippen molar-refractivity contribution in [1.82, 2.24) is 14.9 Å². The highest BCUT2D eigenvalue weighted by atomic mass is 32.2. The first-order chi connectivity index (χ1) is 9.94. The van der Waals surface area contributed by atoms with Crippen LogP contribution in [0.3, 0.4) is 0 Å². The number of hydrogen-bond acceptors (Lipinski definition) is 4. The number of aromatic nitrogens is 2. The molecule has 0 aliphatic heterocycles. The third kappa shape index (κ3) is 4.04. The molecule has 1 aromatic carbocycles. The molecule has 6 heteroatoms. The van der Waals surface area contributed by atoms with Crippen molar-refractivity contribution in [3.63, 3.8) is 0 Å². The predicted octanol–water partition coefficient (Wildman–Crippen LogP) is 1.62. The van der Waals surface area contributed by atoms with E-state index in [0.29, 0.717) is 6.42 Å². The van der Waals surface area contributed by atoms with Gasteiger partial charge in [-0.3, -0.25) is 0 Å². The molecule has 0 aliphatic carbocycles. The Bertz CT molecular complexity index is 707. The summed E-state index contributed by atoms with van der Waals surface area (Å²) < 4.78 is 25.2. The molecule has 0 fully saturated rings. The van der Waals surface area contributed by atoms with Gasteiger partial charge in [0, 0.05) is 25.3 Å². The predicted molar refractivity (Wildman–Crippen MR) is 86.3 cm³/mol. The summed E-state index contributed by atoms with van der Waals surface area (Å²) in [6.07, 6.45) is 2.90. The lowest BCUT2D eigenvalue weighted by Gasteiger charge is -2.16. The molecule has 21 heavy (non-hydrogen) atoms. The van der Waals surface area contributed by atoms with Gasteiger partial charge < -0.3 is 9.88 Å². The van der Waals surface area contributed by atoms with E-state index in [0.717, 1.165) is 29.8 Å². The fourth-order valence-corrected chi connectivity index (χ4v) is 3.60. The number of sulfone groups is 1. The number of likely N-dealkylation sites (N-methyl/N-ethyl adjacent to an activating group) is 1. The minimum absolute atomic E-state index is 0.118. The molecule has 2 aromatic rings. The van der Waals surface area contributed by atoms with E-state index >= 15 is 0 Å². The number of nitrogens with zero attached hydrogens (tertiary/aromatic N) is 2. The SMILES string of the molecule is CCCn1c(CC(CS(C)(=O)=O)NC)nc2ccccc21. The van der Waals surface area contributed by atoms with Crippen molar-refractivity contribution in [2.75, 3.05) is 19.1 Å². The molecule has 0 spiro atoms. The molecule has 1 atom stereocenters. The van der Waals surface area contributed by atoms with E-state index in [2.05, 4.69) is 27.9 Å². The lowest BCUT2D eigenvalue weighted by atomic mass is 10.2. The fourth-order valence-electron chi connectivity index (χ4n) is 2.58. The van der Waals surface area contributed by atoms with Gasteiger partial charge in [0.2, 0.25) is 0 Å². The molecule has 0 radical (unpaired) electrons. The summed E-state index contributed by atoms with van der Waals surface area (Å²) >= 11 is 0. The Kier molecular flexibility index (Phi) is 5.00. The molecule has 116 valence electrons. The largest absolute Gasteiger partial charge is 0.328 e. The van der Waals surface area contributed by atoms with Crippen LogP contribution in [0.2, 0.25) is 0 Å². The van der Waals surface area contributed by atoms with Crippen molar-refractivity contribution in [1.29, 1.82) is 0 Å². The van der Waals surface area contributed by atoms with Gasteiger partial charge in [0.1, 0.15) is 15.7 Å². The molecule has 0 saturated heterocycles. The van der Waals surface area contributed by atoms with E-state index < -0.39 is 9.84 Å². The molecule has 5 nitrogen and oxygen atoms in total. The summed E-state index contributed by atoms with van der Waals surface area (Å²) in [4.78, 5) is 4.68. The number of imidazole rings is 1. The van der Waals surface area contributed by atoms with Crippen LogP contribution in [-0.4, -0.2) is 43.1 Å². The number of hydrogen-bond donors (Lipinski definition) is 1. The highest BCUT2D eigenvalue weighted by molar-refractivity contribution is 7.90. The number of para-hydroxylation sites is 2. The van der Waals surface area contributed by atoms with Gasteiger partial charge in [0.05, 0.1) is 16.8 Å². The molecule has 0 saturated carbocycles. The molecule has 1 unspecified atom stereocenters. The van der Waals surface area contributed by atoms with Crippen LogP contribution < -0.4 is 5.32 Å². The summed E-state index contributed by atoms with van der Waals surface area (Å²) in [5.74, 6) is 1.07. The third-order valence-corrected chi connectivity index (χ3v) is 4.53. The van der Waals surface area contributed by atoms with Crippen LogP contribution in [-0.2, 0) is 22.8 Å². The van der Waals surface area contributed by atoms with Crippen LogP contribution in [0.4, 0.5) is 0 Å². The summed E-state index contributed by atoms with van der Waals surface area (Å²) in [5.41, 5.74) is 2.08. The topological polar surface area (TPSA) is 64.0 Å². The fraction of sp³-hybridized carbons (Fsp3) is 0.533. The lowest BCUT2D eigenvalue weighted by Crippen LogP contribution is -2.35. The smallest absolute Gasteiger partial charge is 0.148 e. The summed E-state index contributed by atoms with van der Waals surface area (Å²) in [6, 6.07) is 7.92. The molecule has 2 rings (SSSR count). The molecular weight excluding hydrogens is 286 g/mol. The van der Waals surface area contributed by atoms with E-state index in [9.17, 15) is 8.42 Å². The van der Waals surface area contributed by atoms with Crippen LogP contribution in [0, 0.1) is 0 Å². The normalized spacial score (nSPS) is 13.7. The van der Waals surface area contributed by atoms with Gasteiger partial charge in [-0.05, 0) is 25.6 Å². The molecule has 0 aliphatic rings. The maximum Gasteiger partial charge on any atom is 0.148 e. The second-order valence-electron chi connectivity index (χ2n) is 5.45. The van der Waals surface area contributed by atoms with Gasteiger partial charge >= 0.3 is 0 Å². The zero-order chi connectivity index (χ0) is 15.5. The summed E-state index contributed by atoms with van der Waals surface area (Å²) in [5, 5.41) is 3.09. The molecule has 1 heterocycles. The van der Waals surface area contributed by atoms with Gasteiger partial charge in [-0.15, -0.1) is 0 Å². The van der Waals surface area contributed by atoms with Crippen LogP contribution >= 0.6 is 0 Å². The van der Waals surface area contributed by atoms with E-state index in [1.165, 1.54) is 6.26 Å². The molecule has 0 amide bonds. The van der Waals surface area contributed by atoms with Crippen LogP contribution in [0.25, 0.3) is 11.0 Å². The van der Waals surface area contributed by atoms with E-state index in [4.69, 9.17) is 0 Å². The Hall–Kier alpha value is -1.40. The second kappa shape index (κ2) is 6.58. The highest BCUT2D eigenvalue weighted by Crippen LogP contribution is 2.18. The third-order valence-electron chi connectivity index (χ3n) is 3.52. The van der Waals surface area contributed by atoms with E-state index in [1.54, 1.807) is 7.05 Å². The maximum atomic E-state index is 11.5. The molecule has 1 aromatic heterocycles. The summed E-state index contributed by atoms with van der Waals surface area (Å²) in [6.45, 7) is 3.02. The quantitative estimate of drug-likeness (QED) is 0.844. The molecular formula is C15H23N3O2S. The van der Waals surface area contributed by atoms with E-state index in [-0.39, 0.29) is 11.8 Å². The second-order valence-corrected chi connectivity index (χ2v) is 7.64. The number of aryl methyl sites for hydroxylation is 1. The van der Waals surface area contributed by atoms with Gasteiger partial charge in [0.25, 0.3) is 0 Å². The Balaban J connectivity index is 2.33.